The van der Waals surface area contributed by atoms with Gasteiger partial charge < -0.3 is 4.42 Å². The van der Waals surface area contributed by atoms with Gasteiger partial charge in [0.15, 0.2) is 11.7 Å². The topological polar surface area (TPSA) is 26.0 Å². The summed E-state index contributed by atoms with van der Waals surface area (Å²) in [5.41, 5.74) is 6.87. The Morgan fingerprint density at radius 3 is 2.10 bits per heavy atom. The molecule has 3 rings (SSSR count). The normalized spacial score (nSPS) is 10.9. The third-order valence-corrected chi connectivity index (χ3v) is 3.69. The van der Waals surface area contributed by atoms with E-state index in [1.165, 1.54) is 16.7 Å². The molecule has 3 aromatic rings. The van der Waals surface area contributed by atoms with Crippen LogP contribution in [0.25, 0.3) is 22.6 Å². The Labute approximate surface area is 125 Å². The van der Waals surface area contributed by atoms with Crippen LogP contribution in [0.1, 0.15) is 22.6 Å². The first-order valence-corrected chi connectivity index (χ1v) is 7.17. The highest BCUT2D eigenvalue weighted by molar-refractivity contribution is 5.80. The first-order valence-electron chi connectivity index (χ1n) is 7.17. The van der Waals surface area contributed by atoms with Gasteiger partial charge in [0, 0.05) is 18.1 Å². The Bertz CT molecular complexity index is 762. The van der Waals surface area contributed by atoms with Gasteiger partial charge in [-0.25, -0.2) is 4.98 Å². The van der Waals surface area contributed by atoms with E-state index in [9.17, 15) is 0 Å². The fourth-order valence-corrected chi connectivity index (χ4v) is 2.93. The molecule has 2 nitrogen and oxygen atoms in total. The zero-order valence-corrected chi connectivity index (χ0v) is 12.9. The predicted octanol–water partition coefficient (Wildman–Crippen LogP) is 5.24. The number of benzene rings is 2. The zero-order chi connectivity index (χ0) is 15.0. The Balaban J connectivity index is 2.26. The van der Waals surface area contributed by atoms with Gasteiger partial charge in [-0.1, -0.05) is 48.0 Å². The van der Waals surface area contributed by atoms with E-state index in [-0.39, 0.29) is 0 Å². The quantitative estimate of drug-likeness (QED) is 0.640. The van der Waals surface area contributed by atoms with Crippen LogP contribution >= 0.6 is 0 Å². The van der Waals surface area contributed by atoms with Gasteiger partial charge in [0.1, 0.15) is 5.69 Å². The van der Waals surface area contributed by atoms with Crippen molar-refractivity contribution in [3.05, 3.63) is 65.0 Å². The molecule has 21 heavy (non-hydrogen) atoms. The van der Waals surface area contributed by atoms with Crippen LogP contribution in [0, 0.1) is 27.7 Å². The molecule has 1 aromatic heterocycles. The fourth-order valence-electron chi connectivity index (χ4n) is 2.93. The van der Waals surface area contributed by atoms with Crippen LogP contribution in [0.15, 0.2) is 46.9 Å². The molecule has 0 saturated carbocycles. The van der Waals surface area contributed by atoms with Crippen LogP contribution in [0.3, 0.4) is 0 Å². The molecule has 0 bridgehead atoms. The molecule has 0 radical (unpaired) electrons. The molecule has 0 aliphatic carbocycles. The second-order valence-electron chi connectivity index (χ2n) is 5.55. The summed E-state index contributed by atoms with van der Waals surface area (Å²) in [5.74, 6) is 1.57. The molecule has 2 heteroatoms. The SMILES string of the molecule is Cc1cc(C)c(-c2oc(C)nc2-c2ccccc2)c(C)c1. The lowest BCUT2D eigenvalue weighted by Crippen LogP contribution is -1.91. The van der Waals surface area contributed by atoms with Crippen LogP contribution in [-0.2, 0) is 0 Å². The number of hydrogen-bond donors (Lipinski definition) is 0. The summed E-state index contributed by atoms with van der Waals surface area (Å²) in [5, 5.41) is 0. The minimum absolute atomic E-state index is 0.697. The average Bonchev–Trinajstić information content (AvgIpc) is 2.80. The zero-order valence-electron chi connectivity index (χ0n) is 12.9. The summed E-state index contributed by atoms with van der Waals surface area (Å²) in [6.07, 6.45) is 0. The Hall–Kier alpha value is -2.35. The molecule has 0 N–H and O–H groups in total. The van der Waals surface area contributed by atoms with Gasteiger partial charge in [-0.05, 0) is 31.9 Å². The lowest BCUT2D eigenvalue weighted by atomic mass is 9.95. The van der Waals surface area contributed by atoms with E-state index in [1.54, 1.807) is 0 Å². The van der Waals surface area contributed by atoms with Crippen molar-refractivity contribution in [2.45, 2.75) is 27.7 Å². The number of oxazole rings is 1. The number of hydrogen-bond acceptors (Lipinski definition) is 2. The lowest BCUT2D eigenvalue weighted by Gasteiger charge is -2.10. The Morgan fingerprint density at radius 1 is 0.857 bits per heavy atom. The molecule has 106 valence electrons. The van der Waals surface area contributed by atoms with Gasteiger partial charge >= 0.3 is 0 Å². The van der Waals surface area contributed by atoms with Crippen LogP contribution in [0.5, 0.6) is 0 Å². The largest absolute Gasteiger partial charge is 0.440 e. The first kappa shape index (κ1) is 13.6. The van der Waals surface area contributed by atoms with Gasteiger partial charge in [0.2, 0.25) is 0 Å². The Morgan fingerprint density at radius 2 is 1.48 bits per heavy atom. The van der Waals surface area contributed by atoms with Crippen molar-refractivity contribution < 1.29 is 4.42 Å². The van der Waals surface area contributed by atoms with E-state index in [0.29, 0.717) is 5.89 Å². The molecule has 0 saturated heterocycles. The molecule has 0 spiro atoms. The standard InChI is InChI=1S/C19H19NO/c1-12-10-13(2)17(14(3)11-12)19-18(20-15(4)21-19)16-8-6-5-7-9-16/h5-11H,1-4H3. The van der Waals surface area contributed by atoms with Crippen molar-refractivity contribution in [1.82, 2.24) is 4.98 Å². The molecular weight excluding hydrogens is 258 g/mol. The third kappa shape index (κ3) is 2.49. The maximum Gasteiger partial charge on any atom is 0.192 e. The van der Waals surface area contributed by atoms with E-state index < -0.39 is 0 Å². The molecule has 0 unspecified atom stereocenters. The van der Waals surface area contributed by atoms with Crippen molar-refractivity contribution in [3.8, 4) is 22.6 Å². The molecule has 2 aromatic carbocycles. The molecule has 0 aliphatic heterocycles. The number of aryl methyl sites for hydroxylation is 4. The van der Waals surface area contributed by atoms with Crippen LogP contribution in [0.4, 0.5) is 0 Å². The van der Waals surface area contributed by atoms with E-state index in [4.69, 9.17) is 4.42 Å². The van der Waals surface area contributed by atoms with Gasteiger partial charge in [0.05, 0.1) is 0 Å². The molecule has 0 fully saturated rings. The average molecular weight is 277 g/mol. The van der Waals surface area contributed by atoms with Crippen LogP contribution < -0.4 is 0 Å². The highest BCUT2D eigenvalue weighted by Crippen LogP contribution is 2.36. The summed E-state index contributed by atoms with van der Waals surface area (Å²) in [4.78, 5) is 4.60. The maximum atomic E-state index is 5.95. The lowest BCUT2D eigenvalue weighted by molar-refractivity contribution is 0.534. The summed E-state index contributed by atoms with van der Waals surface area (Å²) < 4.78 is 5.95. The highest BCUT2D eigenvalue weighted by Gasteiger charge is 2.18. The predicted molar refractivity (Wildman–Crippen MR) is 86.3 cm³/mol. The van der Waals surface area contributed by atoms with E-state index in [0.717, 1.165) is 22.6 Å². The van der Waals surface area contributed by atoms with Crippen molar-refractivity contribution >= 4 is 0 Å². The monoisotopic (exact) mass is 277 g/mol. The van der Waals surface area contributed by atoms with Gasteiger partial charge in [0.25, 0.3) is 0 Å². The minimum atomic E-state index is 0.697. The number of nitrogens with zero attached hydrogens (tertiary/aromatic N) is 1. The summed E-state index contributed by atoms with van der Waals surface area (Å²) in [7, 11) is 0. The van der Waals surface area contributed by atoms with E-state index in [1.807, 2.05) is 25.1 Å². The van der Waals surface area contributed by atoms with Crippen LogP contribution in [0.2, 0.25) is 0 Å². The van der Waals surface area contributed by atoms with E-state index in [2.05, 4.69) is 50.0 Å². The maximum absolute atomic E-state index is 5.95. The first-order chi connectivity index (χ1) is 10.1. The second-order valence-corrected chi connectivity index (χ2v) is 5.55. The smallest absolute Gasteiger partial charge is 0.192 e. The van der Waals surface area contributed by atoms with Gasteiger partial charge in [-0.3, -0.25) is 0 Å². The van der Waals surface area contributed by atoms with Crippen molar-refractivity contribution in [2.24, 2.45) is 0 Å². The Kier molecular flexibility index (Phi) is 3.38. The van der Waals surface area contributed by atoms with Crippen molar-refractivity contribution in [2.75, 3.05) is 0 Å². The molecule has 1 heterocycles. The third-order valence-electron chi connectivity index (χ3n) is 3.69. The minimum Gasteiger partial charge on any atom is -0.440 e. The number of aromatic nitrogens is 1. The van der Waals surface area contributed by atoms with Crippen LogP contribution in [-0.4, -0.2) is 4.98 Å². The van der Waals surface area contributed by atoms with E-state index >= 15 is 0 Å². The summed E-state index contributed by atoms with van der Waals surface area (Å²) in [6, 6.07) is 14.6. The summed E-state index contributed by atoms with van der Waals surface area (Å²) >= 11 is 0. The summed E-state index contributed by atoms with van der Waals surface area (Å²) in [6.45, 7) is 8.27. The fraction of sp³-hybridized carbons (Fsp3) is 0.211. The molecule has 0 atom stereocenters. The highest BCUT2D eigenvalue weighted by atomic mass is 16.4. The van der Waals surface area contributed by atoms with Gasteiger partial charge in [-0.2, -0.15) is 0 Å². The molecular formula is C19H19NO. The van der Waals surface area contributed by atoms with Crippen molar-refractivity contribution in [3.63, 3.8) is 0 Å². The molecule has 0 amide bonds. The number of rotatable bonds is 2. The van der Waals surface area contributed by atoms with Crippen molar-refractivity contribution in [1.29, 1.82) is 0 Å². The second kappa shape index (κ2) is 5.21. The molecule has 0 aliphatic rings. The van der Waals surface area contributed by atoms with Gasteiger partial charge in [-0.15, -0.1) is 0 Å².